The highest BCUT2D eigenvalue weighted by Crippen LogP contribution is 2.02. The molecule has 0 aliphatic carbocycles. The first kappa shape index (κ1) is 14.9. The van der Waals surface area contributed by atoms with E-state index in [0.717, 1.165) is 38.9 Å². The van der Waals surface area contributed by atoms with E-state index in [1.54, 1.807) is 0 Å². The molecule has 0 saturated heterocycles. The largest absolute Gasteiger partial charge is 0.393 e. The molecule has 15 heavy (non-hydrogen) atoms. The summed E-state index contributed by atoms with van der Waals surface area (Å²) in [7, 11) is 6.38. The summed E-state index contributed by atoms with van der Waals surface area (Å²) in [4.78, 5) is 4.57. The molecule has 0 heterocycles. The van der Waals surface area contributed by atoms with Crippen LogP contribution >= 0.6 is 0 Å². The summed E-state index contributed by atoms with van der Waals surface area (Å²) in [5.41, 5.74) is 0. The van der Waals surface area contributed by atoms with E-state index in [4.69, 9.17) is 0 Å². The van der Waals surface area contributed by atoms with Crippen LogP contribution in [0.5, 0.6) is 0 Å². The smallest absolute Gasteiger partial charge is 0.0538 e. The van der Waals surface area contributed by atoms with Crippen molar-refractivity contribution in [2.75, 3.05) is 40.8 Å². The topological polar surface area (TPSA) is 26.7 Å². The first-order valence-electron chi connectivity index (χ1n) is 6.07. The van der Waals surface area contributed by atoms with E-state index in [1.165, 1.54) is 6.42 Å². The maximum atomic E-state index is 9.39. The van der Waals surface area contributed by atoms with Crippen LogP contribution in [0.3, 0.4) is 0 Å². The molecule has 1 N–H and O–H groups in total. The van der Waals surface area contributed by atoms with Crippen LogP contribution in [0.1, 0.15) is 32.6 Å². The van der Waals surface area contributed by atoms with E-state index in [-0.39, 0.29) is 6.10 Å². The van der Waals surface area contributed by atoms with Gasteiger partial charge >= 0.3 is 0 Å². The van der Waals surface area contributed by atoms with Crippen LogP contribution in [0, 0.1) is 0 Å². The van der Waals surface area contributed by atoms with Gasteiger partial charge in [0.25, 0.3) is 0 Å². The molecule has 3 nitrogen and oxygen atoms in total. The fourth-order valence-electron chi connectivity index (χ4n) is 1.57. The van der Waals surface area contributed by atoms with Crippen LogP contribution in [-0.2, 0) is 0 Å². The maximum absolute atomic E-state index is 9.39. The van der Waals surface area contributed by atoms with Crippen molar-refractivity contribution in [3.63, 3.8) is 0 Å². The second-order valence-corrected chi connectivity index (χ2v) is 4.66. The van der Waals surface area contributed by atoms with E-state index in [1.807, 2.05) is 6.92 Å². The Morgan fingerprint density at radius 1 is 1.00 bits per heavy atom. The Bertz CT molecular complexity index is 140. The predicted octanol–water partition coefficient (Wildman–Crippen LogP) is 1.42. The molecule has 92 valence electrons. The molecule has 0 aliphatic heterocycles. The summed E-state index contributed by atoms with van der Waals surface area (Å²) in [6.45, 7) is 5.44. The second-order valence-electron chi connectivity index (χ2n) is 4.66. The highest BCUT2D eigenvalue weighted by Gasteiger charge is 2.02. The highest BCUT2D eigenvalue weighted by atomic mass is 16.3. The van der Waals surface area contributed by atoms with Crippen molar-refractivity contribution in [2.24, 2.45) is 0 Å². The predicted molar refractivity (Wildman–Crippen MR) is 66.2 cm³/mol. The molecule has 0 fully saturated rings. The van der Waals surface area contributed by atoms with E-state index in [9.17, 15) is 5.11 Å². The standard InChI is InChI=1S/C12H28N2O/c1-5-12(15)8-6-10-14(4)11-7-9-13(2)3/h12,15H,5-11H2,1-4H3. The minimum atomic E-state index is -0.0971. The van der Waals surface area contributed by atoms with Gasteiger partial charge in [0.2, 0.25) is 0 Å². The molecule has 0 aromatic rings. The van der Waals surface area contributed by atoms with Crippen LogP contribution in [-0.4, -0.2) is 61.8 Å². The SMILES string of the molecule is CCC(O)CCCN(C)CCCN(C)C. The molecule has 0 spiro atoms. The lowest BCUT2D eigenvalue weighted by Crippen LogP contribution is -2.25. The highest BCUT2D eigenvalue weighted by molar-refractivity contribution is 4.57. The summed E-state index contributed by atoms with van der Waals surface area (Å²) in [5, 5.41) is 9.39. The Kier molecular flexibility index (Phi) is 9.06. The van der Waals surface area contributed by atoms with Crippen molar-refractivity contribution >= 4 is 0 Å². The van der Waals surface area contributed by atoms with Gasteiger partial charge in [0.1, 0.15) is 0 Å². The van der Waals surface area contributed by atoms with Crippen molar-refractivity contribution in [1.29, 1.82) is 0 Å². The number of rotatable bonds is 9. The lowest BCUT2D eigenvalue weighted by Gasteiger charge is -2.18. The molecule has 0 amide bonds. The van der Waals surface area contributed by atoms with Gasteiger partial charge in [-0.2, -0.15) is 0 Å². The average molecular weight is 216 g/mol. The lowest BCUT2D eigenvalue weighted by atomic mass is 10.1. The van der Waals surface area contributed by atoms with E-state index < -0.39 is 0 Å². The van der Waals surface area contributed by atoms with Gasteiger partial charge in [-0.3, -0.25) is 0 Å². The summed E-state index contributed by atoms with van der Waals surface area (Å²) in [5.74, 6) is 0. The van der Waals surface area contributed by atoms with Crippen LogP contribution in [0.2, 0.25) is 0 Å². The molecule has 0 saturated carbocycles. The zero-order chi connectivity index (χ0) is 11.7. The molecule has 0 aromatic heterocycles. The van der Waals surface area contributed by atoms with Crippen molar-refractivity contribution in [3.8, 4) is 0 Å². The normalized spacial score (nSPS) is 13.8. The van der Waals surface area contributed by atoms with Gasteiger partial charge < -0.3 is 14.9 Å². The third-order valence-corrected chi connectivity index (χ3v) is 2.69. The Labute approximate surface area is 95.1 Å². The first-order valence-corrected chi connectivity index (χ1v) is 6.07. The molecule has 1 atom stereocenters. The van der Waals surface area contributed by atoms with Gasteiger partial charge in [-0.15, -0.1) is 0 Å². The fourth-order valence-corrected chi connectivity index (χ4v) is 1.57. The van der Waals surface area contributed by atoms with Crippen molar-refractivity contribution in [1.82, 2.24) is 9.80 Å². The Hall–Kier alpha value is -0.120. The maximum Gasteiger partial charge on any atom is 0.0538 e. The van der Waals surface area contributed by atoms with Crippen molar-refractivity contribution in [3.05, 3.63) is 0 Å². The van der Waals surface area contributed by atoms with E-state index in [2.05, 4.69) is 30.9 Å². The molecule has 3 heteroatoms. The van der Waals surface area contributed by atoms with Gasteiger partial charge in [0.15, 0.2) is 0 Å². The quantitative estimate of drug-likeness (QED) is 0.631. The van der Waals surface area contributed by atoms with Gasteiger partial charge in [-0.25, -0.2) is 0 Å². The average Bonchev–Trinajstić information content (AvgIpc) is 2.17. The summed E-state index contributed by atoms with van der Waals surface area (Å²) in [6.07, 6.45) is 4.05. The third-order valence-electron chi connectivity index (χ3n) is 2.69. The monoisotopic (exact) mass is 216 g/mol. The molecule has 0 radical (unpaired) electrons. The fraction of sp³-hybridized carbons (Fsp3) is 1.00. The number of hydrogen-bond acceptors (Lipinski definition) is 3. The van der Waals surface area contributed by atoms with E-state index >= 15 is 0 Å². The number of hydrogen-bond donors (Lipinski definition) is 1. The second kappa shape index (κ2) is 9.13. The molecule has 1 unspecified atom stereocenters. The van der Waals surface area contributed by atoms with Gasteiger partial charge in [0, 0.05) is 0 Å². The molecular weight excluding hydrogens is 188 g/mol. The molecule has 0 aliphatic rings. The third kappa shape index (κ3) is 10.2. The Morgan fingerprint density at radius 2 is 1.60 bits per heavy atom. The molecule has 0 bridgehead atoms. The van der Waals surface area contributed by atoms with Crippen molar-refractivity contribution in [2.45, 2.75) is 38.7 Å². The lowest BCUT2D eigenvalue weighted by molar-refractivity contribution is 0.151. The zero-order valence-corrected chi connectivity index (χ0v) is 10.9. The van der Waals surface area contributed by atoms with E-state index in [0.29, 0.717) is 0 Å². The Balaban J connectivity index is 3.29. The van der Waals surface area contributed by atoms with Gasteiger partial charge in [-0.1, -0.05) is 6.92 Å². The Morgan fingerprint density at radius 3 is 2.13 bits per heavy atom. The minimum absolute atomic E-state index is 0.0971. The van der Waals surface area contributed by atoms with Crippen LogP contribution in [0.4, 0.5) is 0 Å². The number of aliphatic hydroxyl groups excluding tert-OH is 1. The molecule has 0 aromatic carbocycles. The first-order chi connectivity index (χ1) is 7.06. The van der Waals surface area contributed by atoms with Gasteiger partial charge in [0.05, 0.1) is 6.10 Å². The number of nitrogens with zero attached hydrogens (tertiary/aromatic N) is 2. The molecule has 0 rings (SSSR count). The van der Waals surface area contributed by atoms with Crippen LogP contribution < -0.4 is 0 Å². The summed E-state index contributed by atoms with van der Waals surface area (Å²) < 4.78 is 0. The zero-order valence-electron chi connectivity index (χ0n) is 10.9. The number of aliphatic hydroxyl groups is 1. The van der Waals surface area contributed by atoms with Gasteiger partial charge in [-0.05, 0) is 66.5 Å². The van der Waals surface area contributed by atoms with Crippen molar-refractivity contribution < 1.29 is 5.11 Å². The summed E-state index contributed by atoms with van der Waals surface area (Å²) >= 11 is 0. The van der Waals surface area contributed by atoms with Crippen LogP contribution in [0.25, 0.3) is 0 Å². The summed E-state index contributed by atoms with van der Waals surface area (Å²) in [6, 6.07) is 0. The molecular formula is C12H28N2O. The minimum Gasteiger partial charge on any atom is -0.393 e. The van der Waals surface area contributed by atoms with Crippen LogP contribution in [0.15, 0.2) is 0 Å².